The molecule has 0 aliphatic heterocycles. The second-order valence-corrected chi connectivity index (χ2v) is 4.05. The van der Waals surface area contributed by atoms with Crippen LogP contribution in [0.2, 0.25) is 0 Å². The molecule has 0 saturated heterocycles. The summed E-state index contributed by atoms with van der Waals surface area (Å²) in [7, 11) is 2.39. The normalized spacial score (nSPS) is 13.2. The predicted octanol–water partition coefficient (Wildman–Crippen LogP) is 0.981. The van der Waals surface area contributed by atoms with Gasteiger partial charge >= 0.3 is 7.69 Å². The third-order valence-electron chi connectivity index (χ3n) is 2.48. The Hall–Kier alpha value is -0.0551. The van der Waals surface area contributed by atoms with Crippen molar-refractivity contribution >= 4 is 7.69 Å². The lowest BCUT2D eigenvalue weighted by atomic mass is 9.77. The van der Waals surface area contributed by atoms with E-state index in [2.05, 4.69) is 0 Å². The molecular weight excluding hydrogens is 155 g/mol. The molecule has 0 unspecified atom stereocenters. The zero-order valence-corrected chi connectivity index (χ0v) is 8.55. The molecule has 1 radical (unpaired) electrons. The Morgan fingerprint density at radius 1 is 1.25 bits per heavy atom. The van der Waals surface area contributed by atoms with Gasteiger partial charge in [-0.05, 0) is 13.8 Å². The third kappa shape index (κ3) is 2.77. The van der Waals surface area contributed by atoms with Crippen molar-refractivity contribution < 1.29 is 14.4 Å². The fourth-order valence-corrected chi connectivity index (χ4v) is 0.826. The van der Waals surface area contributed by atoms with E-state index in [1.807, 2.05) is 27.7 Å². The first-order valence-electron chi connectivity index (χ1n) is 4.00. The van der Waals surface area contributed by atoms with Crippen LogP contribution in [0.5, 0.6) is 0 Å². The van der Waals surface area contributed by atoms with Gasteiger partial charge in [0.2, 0.25) is 0 Å². The van der Waals surface area contributed by atoms with Crippen molar-refractivity contribution in [1.29, 1.82) is 0 Å². The van der Waals surface area contributed by atoms with Crippen LogP contribution in [0.3, 0.4) is 0 Å². The molecule has 0 fully saturated rings. The number of methoxy groups -OCH3 is 1. The topological polar surface area (TPSA) is 38.7 Å². The lowest BCUT2D eigenvalue weighted by Gasteiger charge is -2.40. The van der Waals surface area contributed by atoms with Crippen molar-refractivity contribution in [2.24, 2.45) is 5.41 Å². The van der Waals surface area contributed by atoms with Crippen molar-refractivity contribution in [3.63, 3.8) is 0 Å². The Bertz CT molecular complexity index is 118. The van der Waals surface area contributed by atoms with E-state index < -0.39 is 5.60 Å². The van der Waals surface area contributed by atoms with Crippen molar-refractivity contribution in [3.05, 3.63) is 0 Å². The lowest BCUT2D eigenvalue weighted by molar-refractivity contribution is -0.0589. The summed E-state index contributed by atoms with van der Waals surface area (Å²) in [5.41, 5.74) is -0.571. The summed E-state index contributed by atoms with van der Waals surface area (Å²) < 4.78 is 10.2. The first-order chi connectivity index (χ1) is 5.37. The average Bonchev–Trinajstić information content (AvgIpc) is 1.86. The molecule has 0 aromatic carbocycles. The summed E-state index contributed by atoms with van der Waals surface area (Å²) in [5.74, 6) is 0. The summed E-state index contributed by atoms with van der Waals surface area (Å²) in [5, 5.41) is 8.55. The van der Waals surface area contributed by atoms with Gasteiger partial charge in [0, 0.05) is 12.5 Å². The average molecular weight is 173 g/mol. The standard InChI is InChI=1S/C8H18BO3/c1-7(2,6-11-5)8(3,4)12-9-10/h10H,6H2,1-5H3. The van der Waals surface area contributed by atoms with Crippen LogP contribution in [-0.2, 0) is 9.39 Å². The largest absolute Gasteiger partial charge is 0.485 e. The minimum absolute atomic E-state index is 0.138. The van der Waals surface area contributed by atoms with Crippen molar-refractivity contribution in [3.8, 4) is 0 Å². The second-order valence-electron chi connectivity index (χ2n) is 4.05. The zero-order valence-electron chi connectivity index (χ0n) is 8.55. The lowest BCUT2D eigenvalue weighted by Crippen LogP contribution is -2.45. The van der Waals surface area contributed by atoms with Gasteiger partial charge in [0.15, 0.2) is 0 Å². The summed E-state index contributed by atoms with van der Waals surface area (Å²) in [6.45, 7) is 8.48. The Kier molecular flexibility index (Phi) is 4.24. The van der Waals surface area contributed by atoms with Crippen LogP contribution >= 0.6 is 0 Å². The smallest absolute Gasteiger partial charge is 0.429 e. The Morgan fingerprint density at radius 3 is 2.08 bits per heavy atom. The monoisotopic (exact) mass is 173 g/mol. The second kappa shape index (κ2) is 4.26. The Morgan fingerprint density at radius 2 is 1.75 bits per heavy atom. The first-order valence-corrected chi connectivity index (χ1v) is 4.00. The maximum atomic E-state index is 8.55. The summed E-state index contributed by atoms with van der Waals surface area (Å²) in [6, 6.07) is 0. The van der Waals surface area contributed by atoms with Gasteiger partial charge in [-0.3, -0.25) is 0 Å². The molecule has 3 nitrogen and oxygen atoms in total. The highest BCUT2D eigenvalue weighted by Crippen LogP contribution is 2.33. The van der Waals surface area contributed by atoms with Gasteiger partial charge in [-0.1, -0.05) is 13.8 Å². The van der Waals surface area contributed by atoms with Gasteiger partial charge in [-0.2, -0.15) is 0 Å². The maximum absolute atomic E-state index is 8.55. The Labute approximate surface area is 75.4 Å². The number of hydrogen-bond acceptors (Lipinski definition) is 3. The molecule has 0 aromatic rings. The maximum Gasteiger partial charge on any atom is 0.485 e. The van der Waals surface area contributed by atoms with E-state index in [0.717, 1.165) is 7.69 Å². The van der Waals surface area contributed by atoms with Crippen LogP contribution in [-0.4, -0.2) is 32.0 Å². The van der Waals surface area contributed by atoms with E-state index in [9.17, 15) is 0 Å². The highest BCUT2D eigenvalue weighted by molar-refractivity contribution is 6.16. The summed E-state index contributed by atoms with van der Waals surface area (Å²) >= 11 is 0. The van der Waals surface area contributed by atoms with Crippen molar-refractivity contribution in [2.45, 2.75) is 33.3 Å². The molecule has 0 aliphatic carbocycles. The van der Waals surface area contributed by atoms with Gasteiger partial charge in [-0.25, -0.2) is 0 Å². The highest BCUT2D eigenvalue weighted by atomic mass is 16.5. The molecule has 0 aliphatic rings. The van der Waals surface area contributed by atoms with E-state index in [0.29, 0.717) is 6.61 Å². The summed E-state index contributed by atoms with van der Waals surface area (Å²) in [4.78, 5) is 0. The van der Waals surface area contributed by atoms with Crippen LogP contribution in [0.1, 0.15) is 27.7 Å². The van der Waals surface area contributed by atoms with Gasteiger partial charge in [0.1, 0.15) is 0 Å². The molecule has 71 valence electrons. The molecule has 0 saturated carbocycles. The fraction of sp³-hybridized carbons (Fsp3) is 1.00. The van der Waals surface area contributed by atoms with Crippen LogP contribution in [0.15, 0.2) is 0 Å². The molecule has 4 heteroatoms. The molecule has 0 heterocycles. The molecule has 0 atom stereocenters. The number of hydrogen-bond donors (Lipinski definition) is 1. The van der Waals surface area contributed by atoms with Gasteiger partial charge in [-0.15, -0.1) is 0 Å². The highest BCUT2D eigenvalue weighted by Gasteiger charge is 2.37. The van der Waals surface area contributed by atoms with Crippen LogP contribution in [0.4, 0.5) is 0 Å². The van der Waals surface area contributed by atoms with Gasteiger partial charge < -0.3 is 14.4 Å². The van der Waals surface area contributed by atoms with Gasteiger partial charge in [0.05, 0.1) is 12.2 Å². The molecule has 1 N–H and O–H groups in total. The zero-order chi connectivity index (χ0) is 9.83. The van der Waals surface area contributed by atoms with E-state index in [-0.39, 0.29) is 5.41 Å². The van der Waals surface area contributed by atoms with Gasteiger partial charge in [0.25, 0.3) is 0 Å². The molecule has 0 rings (SSSR count). The molecule has 0 aromatic heterocycles. The predicted molar refractivity (Wildman–Crippen MR) is 48.8 cm³/mol. The van der Waals surface area contributed by atoms with E-state index >= 15 is 0 Å². The number of ether oxygens (including phenoxy) is 1. The van der Waals surface area contributed by atoms with Crippen LogP contribution in [0.25, 0.3) is 0 Å². The van der Waals surface area contributed by atoms with E-state index in [1.54, 1.807) is 7.11 Å². The molecule has 0 spiro atoms. The fourth-order valence-electron chi connectivity index (χ4n) is 0.826. The van der Waals surface area contributed by atoms with E-state index in [4.69, 9.17) is 14.4 Å². The first kappa shape index (κ1) is 11.9. The van der Waals surface area contributed by atoms with Crippen molar-refractivity contribution in [2.75, 3.05) is 13.7 Å². The molecule has 12 heavy (non-hydrogen) atoms. The van der Waals surface area contributed by atoms with Crippen LogP contribution in [0, 0.1) is 5.41 Å². The molecule has 0 bridgehead atoms. The third-order valence-corrected chi connectivity index (χ3v) is 2.48. The Balaban J connectivity index is 4.28. The minimum atomic E-state index is -0.433. The van der Waals surface area contributed by atoms with Crippen LogP contribution < -0.4 is 0 Å². The summed E-state index contributed by atoms with van der Waals surface area (Å²) in [6.07, 6.45) is 0. The molecule has 0 amide bonds. The van der Waals surface area contributed by atoms with E-state index in [1.165, 1.54) is 0 Å². The number of rotatable bonds is 5. The minimum Gasteiger partial charge on any atom is -0.429 e. The van der Waals surface area contributed by atoms with Crippen molar-refractivity contribution in [1.82, 2.24) is 0 Å². The molecular formula is C8H18BO3. The quantitative estimate of drug-likeness (QED) is 0.629. The SMILES string of the molecule is COCC(C)(C)C(C)(C)O[B]O.